The number of nitrogens with zero attached hydrogens (tertiary/aromatic N) is 1. The molecule has 2 rings (SSSR count). The number of nitrogens with one attached hydrogen (secondary N) is 1. The molecule has 0 aliphatic heterocycles. The van der Waals surface area contributed by atoms with E-state index in [1.165, 1.54) is 13.1 Å². The second-order valence-corrected chi connectivity index (χ2v) is 8.53. The van der Waals surface area contributed by atoms with Crippen LogP contribution in [0.5, 0.6) is 0 Å². The first-order chi connectivity index (χ1) is 12.5. The van der Waals surface area contributed by atoms with E-state index in [2.05, 4.69) is 5.32 Å². The monoisotopic (exact) mass is 394 g/mol. The Hall–Kier alpha value is -2.03. The van der Waals surface area contributed by atoms with Gasteiger partial charge in [-0.3, -0.25) is 4.79 Å². The number of likely N-dealkylation sites (N-methyl/N-ethyl adjacent to an activating group) is 1. The number of thioether (sulfide) groups is 1. The molecule has 0 unspecified atom stereocenters. The van der Waals surface area contributed by atoms with Crippen LogP contribution < -0.4 is 5.32 Å². The molecule has 1 amide bonds. The second-order valence-electron chi connectivity index (χ2n) is 5.50. The van der Waals surface area contributed by atoms with Crippen LogP contribution in [0.25, 0.3) is 6.08 Å². The van der Waals surface area contributed by atoms with Crippen LogP contribution >= 0.6 is 11.8 Å². The molecule has 2 aromatic rings. The Bertz CT molecular complexity index is 803. The van der Waals surface area contributed by atoms with Crippen molar-refractivity contribution in [2.45, 2.75) is 5.75 Å². The van der Waals surface area contributed by atoms with Crippen molar-refractivity contribution in [2.75, 3.05) is 25.9 Å². The highest BCUT2D eigenvalue weighted by atomic mass is 32.2. The lowest BCUT2D eigenvalue weighted by Crippen LogP contribution is -2.38. The Kier molecular flexibility index (Phi) is 7.96. The fourth-order valence-corrected chi connectivity index (χ4v) is 3.60. The number of amides is 1. The van der Waals surface area contributed by atoms with Gasteiger partial charge < -0.3 is 9.73 Å². The Morgan fingerprint density at radius 3 is 2.69 bits per heavy atom. The SMILES string of the molecule is CN(CC(=O)NCCSCc1ccco1)S(=O)(=O)/C=C/c1ccccc1. The minimum absolute atomic E-state index is 0.218. The fraction of sp³-hybridized carbons (Fsp3) is 0.278. The van der Waals surface area contributed by atoms with E-state index in [4.69, 9.17) is 4.42 Å². The van der Waals surface area contributed by atoms with E-state index >= 15 is 0 Å². The molecule has 0 bridgehead atoms. The summed E-state index contributed by atoms with van der Waals surface area (Å²) in [4.78, 5) is 11.9. The first-order valence-electron chi connectivity index (χ1n) is 8.04. The average Bonchev–Trinajstić information content (AvgIpc) is 3.14. The molecule has 140 valence electrons. The highest BCUT2D eigenvalue weighted by Crippen LogP contribution is 2.11. The first kappa shape index (κ1) is 20.3. The van der Waals surface area contributed by atoms with Crippen LogP contribution in [0, 0.1) is 0 Å². The van der Waals surface area contributed by atoms with Gasteiger partial charge in [0, 0.05) is 24.8 Å². The van der Waals surface area contributed by atoms with Gasteiger partial charge in [0.2, 0.25) is 15.9 Å². The molecule has 1 aromatic heterocycles. The van der Waals surface area contributed by atoms with Crippen molar-refractivity contribution in [1.82, 2.24) is 9.62 Å². The summed E-state index contributed by atoms with van der Waals surface area (Å²) in [6, 6.07) is 12.8. The smallest absolute Gasteiger partial charge is 0.236 e. The summed E-state index contributed by atoms with van der Waals surface area (Å²) >= 11 is 1.63. The molecule has 1 N–H and O–H groups in total. The molecule has 0 fully saturated rings. The molecule has 1 heterocycles. The maximum absolute atomic E-state index is 12.2. The zero-order valence-electron chi connectivity index (χ0n) is 14.5. The molecule has 0 saturated carbocycles. The maximum atomic E-state index is 12.2. The van der Waals surface area contributed by atoms with Crippen molar-refractivity contribution in [2.24, 2.45) is 0 Å². The summed E-state index contributed by atoms with van der Waals surface area (Å²) in [5.41, 5.74) is 0.780. The minimum Gasteiger partial charge on any atom is -0.468 e. The Morgan fingerprint density at radius 1 is 1.23 bits per heavy atom. The van der Waals surface area contributed by atoms with Gasteiger partial charge in [0.05, 0.1) is 18.6 Å². The van der Waals surface area contributed by atoms with Crippen LogP contribution in [0.2, 0.25) is 0 Å². The molecule has 0 atom stereocenters. The molecule has 6 nitrogen and oxygen atoms in total. The molecule has 8 heteroatoms. The van der Waals surface area contributed by atoms with Gasteiger partial charge in [-0.15, -0.1) is 0 Å². The summed E-state index contributed by atoms with van der Waals surface area (Å²) in [5.74, 6) is 2.01. The topological polar surface area (TPSA) is 79.6 Å². The zero-order valence-corrected chi connectivity index (χ0v) is 16.1. The predicted molar refractivity (Wildman–Crippen MR) is 105 cm³/mol. The van der Waals surface area contributed by atoms with E-state index in [-0.39, 0.29) is 12.5 Å². The number of benzene rings is 1. The lowest BCUT2D eigenvalue weighted by atomic mass is 10.2. The second kappa shape index (κ2) is 10.2. The van der Waals surface area contributed by atoms with E-state index in [1.54, 1.807) is 30.2 Å². The largest absolute Gasteiger partial charge is 0.468 e. The van der Waals surface area contributed by atoms with Gasteiger partial charge in [-0.2, -0.15) is 16.1 Å². The first-order valence-corrected chi connectivity index (χ1v) is 10.7. The van der Waals surface area contributed by atoms with Gasteiger partial charge in [0.15, 0.2) is 0 Å². The summed E-state index contributed by atoms with van der Waals surface area (Å²) in [6.45, 7) is 0.252. The average molecular weight is 395 g/mol. The van der Waals surface area contributed by atoms with Gasteiger partial charge >= 0.3 is 0 Å². The van der Waals surface area contributed by atoms with E-state index in [1.807, 2.05) is 30.3 Å². The summed E-state index contributed by atoms with van der Waals surface area (Å²) < 4.78 is 30.6. The minimum atomic E-state index is -3.64. The molecule has 0 spiro atoms. The standard InChI is InChI=1S/C18H22N2O4S2/c1-20(26(22,23)13-9-16-6-3-2-4-7-16)14-18(21)19-10-12-25-15-17-8-5-11-24-17/h2-9,11,13H,10,12,14-15H2,1H3,(H,19,21)/b13-9+. The summed E-state index contributed by atoms with van der Waals surface area (Å²) in [5, 5.41) is 3.82. The highest BCUT2D eigenvalue weighted by Gasteiger charge is 2.17. The number of sulfonamides is 1. The third-order valence-electron chi connectivity index (χ3n) is 3.43. The number of furan rings is 1. The van der Waals surface area contributed by atoms with E-state index in [0.717, 1.165) is 32.5 Å². The number of rotatable bonds is 10. The van der Waals surface area contributed by atoms with Crippen LogP contribution in [0.1, 0.15) is 11.3 Å². The van der Waals surface area contributed by atoms with Crippen molar-refractivity contribution in [3.05, 3.63) is 65.5 Å². The molecule has 1 aromatic carbocycles. The van der Waals surface area contributed by atoms with E-state index < -0.39 is 10.0 Å². The Labute approximate surface area is 158 Å². The van der Waals surface area contributed by atoms with Gasteiger partial charge in [0.1, 0.15) is 5.76 Å². The molecule has 0 saturated heterocycles. The zero-order chi connectivity index (χ0) is 18.8. The van der Waals surface area contributed by atoms with E-state index in [9.17, 15) is 13.2 Å². The number of carbonyl (C=O) groups excluding carboxylic acids is 1. The fourth-order valence-electron chi connectivity index (χ4n) is 2.01. The normalized spacial score (nSPS) is 11.9. The van der Waals surface area contributed by atoms with E-state index in [0.29, 0.717) is 6.54 Å². The Balaban J connectivity index is 1.70. The third-order valence-corrected chi connectivity index (χ3v) is 5.89. The van der Waals surface area contributed by atoms with Crippen molar-refractivity contribution in [3.63, 3.8) is 0 Å². The van der Waals surface area contributed by atoms with Crippen molar-refractivity contribution >= 4 is 33.8 Å². The molecular weight excluding hydrogens is 372 g/mol. The number of hydrogen-bond donors (Lipinski definition) is 1. The maximum Gasteiger partial charge on any atom is 0.236 e. The van der Waals surface area contributed by atoms with Gasteiger partial charge in [-0.1, -0.05) is 30.3 Å². The quantitative estimate of drug-likeness (QED) is 0.627. The van der Waals surface area contributed by atoms with Gasteiger partial charge in [0.25, 0.3) is 0 Å². The lowest BCUT2D eigenvalue weighted by Gasteiger charge is -2.14. The molecule has 0 radical (unpaired) electrons. The highest BCUT2D eigenvalue weighted by molar-refractivity contribution is 7.98. The van der Waals surface area contributed by atoms with Gasteiger partial charge in [-0.25, -0.2) is 8.42 Å². The summed E-state index contributed by atoms with van der Waals surface area (Å²) in [7, 11) is -2.26. The van der Waals surface area contributed by atoms with Gasteiger partial charge in [-0.05, 0) is 23.8 Å². The predicted octanol–water partition coefficient (Wildman–Crippen LogP) is 2.56. The van der Waals surface area contributed by atoms with Crippen LogP contribution in [-0.2, 0) is 20.6 Å². The Morgan fingerprint density at radius 2 is 2.00 bits per heavy atom. The molecule has 0 aliphatic rings. The van der Waals surface area contributed by atoms with Crippen LogP contribution in [0.4, 0.5) is 0 Å². The van der Waals surface area contributed by atoms with Crippen LogP contribution in [0.15, 0.2) is 58.6 Å². The number of carbonyl (C=O) groups is 1. The molecule has 0 aliphatic carbocycles. The van der Waals surface area contributed by atoms with Crippen molar-refractivity contribution in [3.8, 4) is 0 Å². The van der Waals surface area contributed by atoms with Crippen molar-refractivity contribution in [1.29, 1.82) is 0 Å². The summed E-state index contributed by atoms with van der Waals surface area (Å²) in [6.07, 6.45) is 3.13. The van der Waals surface area contributed by atoms with Crippen LogP contribution in [-0.4, -0.2) is 44.5 Å². The number of hydrogen-bond acceptors (Lipinski definition) is 5. The lowest BCUT2D eigenvalue weighted by molar-refractivity contribution is -0.120. The van der Waals surface area contributed by atoms with Crippen LogP contribution in [0.3, 0.4) is 0 Å². The van der Waals surface area contributed by atoms with Crippen molar-refractivity contribution < 1.29 is 17.6 Å². The third kappa shape index (κ3) is 7.07. The molecule has 26 heavy (non-hydrogen) atoms. The molecular formula is C18H22N2O4S2.